The average molecular weight is 210 g/mol. The van der Waals surface area contributed by atoms with Crippen LogP contribution in [0.5, 0.6) is 0 Å². The normalized spacial score (nSPS) is 35.4. The Morgan fingerprint density at radius 1 is 1.27 bits per heavy atom. The van der Waals surface area contributed by atoms with E-state index in [2.05, 4.69) is 10.2 Å². The van der Waals surface area contributed by atoms with Crippen molar-refractivity contribution in [2.45, 2.75) is 56.2 Å². The van der Waals surface area contributed by atoms with Gasteiger partial charge in [0.25, 0.3) is 0 Å². The number of aliphatic hydroxyl groups is 1. The molecule has 0 aromatic carbocycles. The van der Waals surface area contributed by atoms with E-state index in [1.807, 2.05) is 0 Å². The molecule has 1 heterocycles. The summed E-state index contributed by atoms with van der Waals surface area (Å²) in [5.41, 5.74) is -0.354. The van der Waals surface area contributed by atoms with Gasteiger partial charge in [0.05, 0.1) is 5.60 Å². The fourth-order valence-corrected chi connectivity index (χ4v) is 2.82. The third-order valence-corrected chi connectivity index (χ3v) is 4.29. The van der Waals surface area contributed by atoms with E-state index in [9.17, 15) is 5.11 Å². The van der Waals surface area contributed by atoms with Crippen LogP contribution in [-0.4, -0.2) is 47.3 Å². The quantitative estimate of drug-likeness (QED) is 0.718. The van der Waals surface area contributed by atoms with Gasteiger partial charge in [-0.1, -0.05) is 0 Å². The zero-order valence-corrected chi connectivity index (χ0v) is 9.41. The number of nitrogens with one attached hydrogen (secondary N) is 1. The summed E-state index contributed by atoms with van der Waals surface area (Å²) in [6.45, 7) is 3.29. The molecule has 3 nitrogen and oxygen atoms in total. The van der Waals surface area contributed by atoms with Crippen molar-refractivity contribution in [2.75, 3.05) is 19.6 Å². The summed E-state index contributed by atoms with van der Waals surface area (Å²) in [6.07, 6.45) is 7.30. The summed E-state index contributed by atoms with van der Waals surface area (Å²) in [5, 5.41) is 13.5. The van der Waals surface area contributed by atoms with Crippen molar-refractivity contribution in [2.24, 2.45) is 0 Å². The number of hydrogen-bond acceptors (Lipinski definition) is 3. The van der Waals surface area contributed by atoms with Gasteiger partial charge in [-0.05, 0) is 38.5 Å². The van der Waals surface area contributed by atoms with E-state index in [4.69, 9.17) is 0 Å². The van der Waals surface area contributed by atoms with Gasteiger partial charge in [0, 0.05) is 31.7 Å². The van der Waals surface area contributed by atoms with E-state index in [1.165, 1.54) is 38.8 Å². The lowest BCUT2D eigenvalue weighted by atomic mass is 9.80. The van der Waals surface area contributed by atoms with E-state index < -0.39 is 0 Å². The number of rotatable bonds is 4. The molecule has 3 rings (SSSR count). The second kappa shape index (κ2) is 3.72. The van der Waals surface area contributed by atoms with Crippen molar-refractivity contribution in [3.63, 3.8) is 0 Å². The van der Waals surface area contributed by atoms with Gasteiger partial charge in [0.1, 0.15) is 0 Å². The van der Waals surface area contributed by atoms with Gasteiger partial charge >= 0.3 is 0 Å². The van der Waals surface area contributed by atoms with Crippen LogP contribution in [0.2, 0.25) is 0 Å². The average Bonchev–Trinajstić information content (AvgIpc) is 2.93. The highest BCUT2D eigenvalue weighted by Gasteiger charge is 2.37. The molecule has 0 radical (unpaired) electrons. The Labute approximate surface area is 91.8 Å². The first-order valence-electron chi connectivity index (χ1n) is 6.45. The van der Waals surface area contributed by atoms with E-state index in [-0.39, 0.29) is 5.60 Å². The van der Waals surface area contributed by atoms with Gasteiger partial charge in [-0.25, -0.2) is 0 Å². The molecule has 3 fully saturated rings. The molecule has 1 aliphatic heterocycles. The van der Waals surface area contributed by atoms with Gasteiger partial charge in [0.15, 0.2) is 0 Å². The molecular formula is C12H22N2O. The molecule has 15 heavy (non-hydrogen) atoms. The fourth-order valence-electron chi connectivity index (χ4n) is 2.82. The van der Waals surface area contributed by atoms with E-state index in [0.717, 1.165) is 25.4 Å². The number of likely N-dealkylation sites (tertiary alicyclic amines) is 1. The third-order valence-electron chi connectivity index (χ3n) is 4.29. The first kappa shape index (κ1) is 10.1. The predicted molar refractivity (Wildman–Crippen MR) is 59.8 cm³/mol. The Kier molecular flexibility index (Phi) is 2.49. The lowest BCUT2D eigenvalue weighted by molar-refractivity contribution is -0.0330. The van der Waals surface area contributed by atoms with Gasteiger partial charge in [0.2, 0.25) is 0 Å². The maximum absolute atomic E-state index is 9.98. The minimum Gasteiger partial charge on any atom is -0.389 e. The van der Waals surface area contributed by atoms with Crippen LogP contribution >= 0.6 is 0 Å². The van der Waals surface area contributed by atoms with Gasteiger partial charge in [-0.15, -0.1) is 0 Å². The molecule has 2 aliphatic carbocycles. The Morgan fingerprint density at radius 3 is 2.67 bits per heavy atom. The van der Waals surface area contributed by atoms with Crippen LogP contribution in [0.15, 0.2) is 0 Å². The van der Waals surface area contributed by atoms with Gasteiger partial charge < -0.3 is 10.4 Å². The van der Waals surface area contributed by atoms with Crippen LogP contribution in [0.1, 0.15) is 38.5 Å². The number of nitrogens with zero attached hydrogens (tertiary/aromatic N) is 1. The zero-order chi connectivity index (χ0) is 10.3. The highest BCUT2D eigenvalue weighted by Crippen LogP contribution is 2.32. The van der Waals surface area contributed by atoms with Crippen molar-refractivity contribution in [3.8, 4) is 0 Å². The Hall–Kier alpha value is -0.120. The smallest absolute Gasteiger partial charge is 0.0771 e. The third kappa shape index (κ3) is 2.19. The van der Waals surface area contributed by atoms with Crippen LogP contribution < -0.4 is 5.32 Å². The lowest BCUT2D eigenvalue weighted by Gasteiger charge is -2.37. The highest BCUT2D eigenvalue weighted by molar-refractivity contribution is 4.95. The number of hydrogen-bond donors (Lipinski definition) is 2. The van der Waals surface area contributed by atoms with E-state index in [1.54, 1.807) is 0 Å². The Balaban J connectivity index is 1.40. The summed E-state index contributed by atoms with van der Waals surface area (Å²) in [5.74, 6) is 0. The first-order chi connectivity index (χ1) is 7.25. The fraction of sp³-hybridized carbons (Fsp3) is 1.00. The molecular weight excluding hydrogens is 188 g/mol. The zero-order valence-electron chi connectivity index (χ0n) is 9.41. The van der Waals surface area contributed by atoms with Gasteiger partial charge in [-0.3, -0.25) is 4.90 Å². The minimum absolute atomic E-state index is 0.354. The topological polar surface area (TPSA) is 35.5 Å². The van der Waals surface area contributed by atoms with Crippen molar-refractivity contribution in [1.29, 1.82) is 0 Å². The SMILES string of the molecule is OC1(CNC2CCN(C3CC3)C2)CCC1. The summed E-state index contributed by atoms with van der Waals surface area (Å²) >= 11 is 0. The van der Waals surface area contributed by atoms with Crippen molar-refractivity contribution >= 4 is 0 Å². The predicted octanol–water partition coefficient (Wildman–Crippen LogP) is 0.728. The highest BCUT2D eigenvalue weighted by atomic mass is 16.3. The van der Waals surface area contributed by atoms with E-state index in [0.29, 0.717) is 6.04 Å². The molecule has 1 unspecified atom stereocenters. The Morgan fingerprint density at radius 2 is 2.07 bits per heavy atom. The second-order valence-electron chi connectivity index (χ2n) is 5.67. The molecule has 1 saturated heterocycles. The summed E-state index contributed by atoms with van der Waals surface area (Å²) in [7, 11) is 0. The molecule has 86 valence electrons. The first-order valence-corrected chi connectivity index (χ1v) is 6.45. The van der Waals surface area contributed by atoms with Crippen molar-refractivity contribution in [1.82, 2.24) is 10.2 Å². The van der Waals surface area contributed by atoms with Crippen LogP contribution in [0.4, 0.5) is 0 Å². The van der Waals surface area contributed by atoms with Gasteiger partial charge in [-0.2, -0.15) is 0 Å². The molecule has 2 N–H and O–H groups in total. The molecule has 3 aliphatic rings. The Bertz CT molecular complexity index is 236. The van der Waals surface area contributed by atoms with Crippen LogP contribution in [0.25, 0.3) is 0 Å². The molecule has 0 aromatic heterocycles. The summed E-state index contributed by atoms with van der Waals surface area (Å²) < 4.78 is 0. The molecule has 0 aromatic rings. The second-order valence-corrected chi connectivity index (χ2v) is 5.67. The minimum atomic E-state index is -0.354. The van der Waals surface area contributed by atoms with Crippen LogP contribution in [-0.2, 0) is 0 Å². The molecule has 3 heteroatoms. The summed E-state index contributed by atoms with van der Waals surface area (Å²) in [6, 6.07) is 1.54. The summed E-state index contributed by atoms with van der Waals surface area (Å²) in [4.78, 5) is 2.61. The molecule has 0 amide bonds. The molecule has 0 bridgehead atoms. The maximum Gasteiger partial charge on any atom is 0.0771 e. The van der Waals surface area contributed by atoms with Crippen molar-refractivity contribution in [3.05, 3.63) is 0 Å². The molecule has 2 saturated carbocycles. The molecule has 0 spiro atoms. The van der Waals surface area contributed by atoms with Crippen LogP contribution in [0.3, 0.4) is 0 Å². The van der Waals surface area contributed by atoms with E-state index >= 15 is 0 Å². The molecule has 1 atom stereocenters. The largest absolute Gasteiger partial charge is 0.389 e. The standard InChI is InChI=1S/C12H22N2O/c15-12(5-1-6-12)9-13-10-4-7-14(8-10)11-2-3-11/h10-11,13,15H,1-9H2. The lowest BCUT2D eigenvalue weighted by Crippen LogP contribution is -2.49. The van der Waals surface area contributed by atoms with Crippen LogP contribution in [0, 0.1) is 0 Å². The van der Waals surface area contributed by atoms with Crippen molar-refractivity contribution < 1.29 is 5.11 Å². The maximum atomic E-state index is 9.98. The monoisotopic (exact) mass is 210 g/mol.